The fourth-order valence-electron chi connectivity index (χ4n) is 3.48. The van der Waals surface area contributed by atoms with Gasteiger partial charge in [-0.3, -0.25) is 0 Å². The summed E-state index contributed by atoms with van der Waals surface area (Å²) in [5.41, 5.74) is 1.89. The van der Waals surface area contributed by atoms with Crippen molar-refractivity contribution in [2.45, 2.75) is 71.9 Å². The lowest BCUT2D eigenvalue weighted by molar-refractivity contribution is 0.214. The Bertz CT molecular complexity index is 397. The Kier molecular flexibility index (Phi) is 3.59. The molecule has 0 aromatic carbocycles. The fourth-order valence-corrected chi connectivity index (χ4v) is 3.48. The van der Waals surface area contributed by atoms with Gasteiger partial charge in [0.05, 0.1) is 6.26 Å². The highest BCUT2D eigenvalue weighted by atomic mass is 16.3. The maximum absolute atomic E-state index is 5.56. The second-order valence-electron chi connectivity index (χ2n) is 7.51. The van der Waals surface area contributed by atoms with Crippen LogP contribution in [-0.4, -0.2) is 5.54 Å². The highest BCUT2D eigenvalue weighted by molar-refractivity contribution is 5.24. The summed E-state index contributed by atoms with van der Waals surface area (Å²) in [4.78, 5) is 0. The molecule has 1 N–H and O–H groups in total. The third kappa shape index (κ3) is 3.38. The van der Waals surface area contributed by atoms with Crippen molar-refractivity contribution in [2.24, 2.45) is 5.41 Å². The normalized spacial score (nSPS) is 20.8. The van der Waals surface area contributed by atoms with Crippen LogP contribution in [0.25, 0.3) is 0 Å². The van der Waals surface area contributed by atoms with E-state index in [0.717, 1.165) is 6.42 Å². The number of furan rings is 1. The first-order valence-electron chi connectivity index (χ1n) is 7.11. The molecule has 0 spiro atoms. The van der Waals surface area contributed by atoms with E-state index >= 15 is 0 Å². The zero-order chi connectivity index (χ0) is 13.4. The third-order valence-electron chi connectivity index (χ3n) is 3.59. The molecule has 0 bridgehead atoms. The van der Waals surface area contributed by atoms with Gasteiger partial charge in [0.25, 0.3) is 0 Å². The van der Waals surface area contributed by atoms with Gasteiger partial charge in [-0.2, -0.15) is 0 Å². The monoisotopic (exact) mass is 249 g/mol. The summed E-state index contributed by atoms with van der Waals surface area (Å²) in [6.45, 7) is 11.5. The van der Waals surface area contributed by atoms with E-state index in [1.54, 1.807) is 0 Å². The van der Waals surface area contributed by atoms with Crippen molar-refractivity contribution in [3.63, 3.8) is 0 Å². The lowest BCUT2D eigenvalue weighted by Gasteiger charge is -2.38. The van der Waals surface area contributed by atoms with E-state index in [4.69, 9.17) is 4.42 Å². The molecule has 1 heterocycles. The average molecular weight is 249 g/mol. The zero-order valence-electron chi connectivity index (χ0n) is 12.5. The molecule has 0 fully saturated rings. The van der Waals surface area contributed by atoms with Crippen LogP contribution in [0.4, 0.5) is 0 Å². The van der Waals surface area contributed by atoms with Gasteiger partial charge in [0, 0.05) is 23.6 Å². The molecule has 1 aliphatic carbocycles. The molecular formula is C16H27NO. The zero-order valence-corrected chi connectivity index (χ0v) is 12.5. The van der Waals surface area contributed by atoms with Crippen molar-refractivity contribution in [1.29, 1.82) is 0 Å². The Morgan fingerprint density at radius 1 is 1.28 bits per heavy atom. The molecule has 1 aromatic heterocycles. The van der Waals surface area contributed by atoms with Gasteiger partial charge in [-0.05, 0) is 44.6 Å². The van der Waals surface area contributed by atoms with Gasteiger partial charge >= 0.3 is 0 Å². The number of nitrogens with one attached hydrogen (secondary N) is 1. The molecule has 0 saturated heterocycles. The molecule has 0 saturated carbocycles. The second kappa shape index (κ2) is 4.73. The van der Waals surface area contributed by atoms with Gasteiger partial charge in [0.1, 0.15) is 5.76 Å². The maximum atomic E-state index is 5.56. The van der Waals surface area contributed by atoms with Crippen molar-refractivity contribution in [3.8, 4) is 0 Å². The minimum Gasteiger partial charge on any atom is -0.469 e. The third-order valence-corrected chi connectivity index (χ3v) is 3.59. The summed E-state index contributed by atoms with van der Waals surface area (Å²) >= 11 is 0. The molecule has 0 amide bonds. The van der Waals surface area contributed by atoms with Gasteiger partial charge in [0.2, 0.25) is 0 Å². The molecular weight excluding hydrogens is 222 g/mol. The van der Waals surface area contributed by atoms with Crippen LogP contribution in [0.5, 0.6) is 0 Å². The van der Waals surface area contributed by atoms with Crippen LogP contribution in [0.2, 0.25) is 0 Å². The SMILES string of the molecule is CC(C)(C)CC(C)(C)NC1CCCc2occc21. The summed E-state index contributed by atoms with van der Waals surface area (Å²) in [6.07, 6.45) is 6.55. The Balaban J connectivity index is 2.07. The number of hydrogen-bond donors (Lipinski definition) is 1. The smallest absolute Gasteiger partial charge is 0.108 e. The molecule has 1 atom stereocenters. The van der Waals surface area contributed by atoms with Crippen molar-refractivity contribution >= 4 is 0 Å². The van der Waals surface area contributed by atoms with E-state index in [0.29, 0.717) is 11.5 Å². The van der Waals surface area contributed by atoms with Crippen molar-refractivity contribution < 1.29 is 4.42 Å². The molecule has 0 aliphatic heterocycles. The van der Waals surface area contributed by atoms with Crippen LogP contribution in [-0.2, 0) is 6.42 Å². The van der Waals surface area contributed by atoms with Gasteiger partial charge in [-0.1, -0.05) is 20.8 Å². The molecule has 1 aliphatic rings. The lowest BCUT2D eigenvalue weighted by atomic mass is 9.80. The Morgan fingerprint density at radius 2 is 2.00 bits per heavy atom. The number of fused-ring (bicyclic) bond motifs is 1. The summed E-state index contributed by atoms with van der Waals surface area (Å²) in [5.74, 6) is 1.19. The average Bonchev–Trinajstić information content (AvgIpc) is 2.61. The first-order chi connectivity index (χ1) is 8.27. The van der Waals surface area contributed by atoms with Crippen LogP contribution in [0.15, 0.2) is 16.7 Å². The minimum atomic E-state index is 0.162. The van der Waals surface area contributed by atoms with Crippen molar-refractivity contribution in [2.75, 3.05) is 0 Å². The molecule has 0 radical (unpaired) electrons. The second-order valence-corrected chi connectivity index (χ2v) is 7.51. The Hall–Kier alpha value is -0.760. The van der Waals surface area contributed by atoms with E-state index in [-0.39, 0.29) is 5.54 Å². The largest absolute Gasteiger partial charge is 0.469 e. The van der Waals surface area contributed by atoms with E-state index in [2.05, 4.69) is 46.0 Å². The van der Waals surface area contributed by atoms with Gasteiger partial charge in [0.15, 0.2) is 0 Å². The fraction of sp³-hybridized carbons (Fsp3) is 0.750. The van der Waals surface area contributed by atoms with E-state index in [1.165, 1.54) is 30.6 Å². The summed E-state index contributed by atoms with van der Waals surface area (Å²) in [6, 6.07) is 2.60. The standard InChI is InChI=1S/C16H27NO/c1-15(2,3)11-16(4,5)17-13-7-6-8-14-12(13)9-10-18-14/h9-10,13,17H,6-8,11H2,1-5H3. The number of aryl methyl sites for hydroxylation is 1. The van der Waals surface area contributed by atoms with Gasteiger partial charge < -0.3 is 9.73 Å². The first-order valence-corrected chi connectivity index (χ1v) is 7.11. The molecule has 2 heteroatoms. The van der Waals surface area contributed by atoms with Crippen LogP contribution in [0, 0.1) is 5.41 Å². The molecule has 2 nitrogen and oxygen atoms in total. The highest BCUT2D eigenvalue weighted by Gasteiger charge is 2.31. The van der Waals surface area contributed by atoms with Crippen LogP contribution < -0.4 is 5.32 Å². The van der Waals surface area contributed by atoms with Gasteiger partial charge in [-0.15, -0.1) is 0 Å². The quantitative estimate of drug-likeness (QED) is 0.855. The molecule has 2 rings (SSSR count). The maximum Gasteiger partial charge on any atom is 0.108 e. The predicted octanol–water partition coefficient (Wildman–Crippen LogP) is 4.46. The van der Waals surface area contributed by atoms with E-state index in [9.17, 15) is 0 Å². The highest BCUT2D eigenvalue weighted by Crippen LogP contribution is 2.34. The van der Waals surface area contributed by atoms with Gasteiger partial charge in [-0.25, -0.2) is 0 Å². The minimum absolute atomic E-state index is 0.162. The van der Waals surface area contributed by atoms with Crippen molar-refractivity contribution in [1.82, 2.24) is 5.32 Å². The topological polar surface area (TPSA) is 25.2 Å². The Morgan fingerprint density at radius 3 is 2.67 bits per heavy atom. The molecule has 1 unspecified atom stereocenters. The van der Waals surface area contributed by atoms with Crippen molar-refractivity contribution in [3.05, 3.63) is 23.7 Å². The van der Waals surface area contributed by atoms with E-state index in [1.807, 2.05) is 6.26 Å². The lowest BCUT2D eigenvalue weighted by Crippen LogP contribution is -2.45. The summed E-state index contributed by atoms with van der Waals surface area (Å²) in [7, 11) is 0. The number of rotatable bonds is 3. The summed E-state index contributed by atoms with van der Waals surface area (Å²) < 4.78 is 5.56. The Labute approximate surface area is 111 Å². The van der Waals surface area contributed by atoms with E-state index < -0.39 is 0 Å². The molecule has 18 heavy (non-hydrogen) atoms. The summed E-state index contributed by atoms with van der Waals surface area (Å²) in [5, 5.41) is 3.83. The molecule has 1 aromatic rings. The number of hydrogen-bond acceptors (Lipinski definition) is 2. The predicted molar refractivity (Wildman–Crippen MR) is 75.7 cm³/mol. The molecule has 102 valence electrons. The van der Waals surface area contributed by atoms with Crippen LogP contribution in [0.3, 0.4) is 0 Å². The van der Waals surface area contributed by atoms with Crippen LogP contribution >= 0.6 is 0 Å². The first kappa shape index (κ1) is 13.7. The van der Waals surface area contributed by atoms with Crippen LogP contribution in [0.1, 0.15) is 71.2 Å².